The van der Waals surface area contributed by atoms with Crippen molar-refractivity contribution in [3.63, 3.8) is 0 Å². The van der Waals surface area contributed by atoms with Gasteiger partial charge in [-0.15, -0.1) is 0 Å². The monoisotopic (exact) mass is 169 g/mol. The van der Waals surface area contributed by atoms with Crippen LogP contribution >= 0.6 is 0 Å². The molecular weight excluding hydrogens is 158 g/mol. The highest BCUT2D eigenvalue weighted by Gasteiger charge is 2.17. The van der Waals surface area contributed by atoms with Crippen molar-refractivity contribution >= 4 is 5.97 Å². The first-order valence-corrected chi connectivity index (χ1v) is 3.67. The SMILES string of the molecule is CCn1nccc1C(N)C(=O)O. The Balaban J connectivity index is 2.93. The van der Waals surface area contributed by atoms with Gasteiger partial charge in [-0.1, -0.05) is 0 Å². The number of aryl methyl sites for hydroxylation is 1. The zero-order valence-corrected chi connectivity index (χ0v) is 6.77. The van der Waals surface area contributed by atoms with Gasteiger partial charge < -0.3 is 10.8 Å². The largest absolute Gasteiger partial charge is 0.480 e. The molecule has 0 saturated carbocycles. The van der Waals surface area contributed by atoms with E-state index < -0.39 is 12.0 Å². The van der Waals surface area contributed by atoms with Gasteiger partial charge in [-0.25, -0.2) is 0 Å². The van der Waals surface area contributed by atoms with Crippen molar-refractivity contribution in [3.8, 4) is 0 Å². The van der Waals surface area contributed by atoms with Gasteiger partial charge in [0.15, 0.2) is 0 Å². The number of hydrogen-bond acceptors (Lipinski definition) is 3. The van der Waals surface area contributed by atoms with E-state index in [-0.39, 0.29) is 0 Å². The fraction of sp³-hybridized carbons (Fsp3) is 0.429. The van der Waals surface area contributed by atoms with Crippen molar-refractivity contribution in [2.75, 3.05) is 0 Å². The Morgan fingerprint density at radius 1 is 1.92 bits per heavy atom. The van der Waals surface area contributed by atoms with Crippen LogP contribution in [0.5, 0.6) is 0 Å². The van der Waals surface area contributed by atoms with Crippen LogP contribution in [0, 0.1) is 0 Å². The summed E-state index contributed by atoms with van der Waals surface area (Å²) in [5, 5.41) is 12.5. The molecule has 1 aromatic heterocycles. The molecule has 0 amide bonds. The first-order chi connectivity index (χ1) is 5.66. The zero-order valence-electron chi connectivity index (χ0n) is 6.77. The lowest BCUT2D eigenvalue weighted by molar-refractivity contribution is -0.138. The third kappa shape index (κ3) is 1.45. The molecule has 1 unspecified atom stereocenters. The van der Waals surface area contributed by atoms with Crippen LogP contribution in [-0.4, -0.2) is 20.9 Å². The van der Waals surface area contributed by atoms with Crippen LogP contribution in [0.3, 0.4) is 0 Å². The first kappa shape index (κ1) is 8.73. The van der Waals surface area contributed by atoms with E-state index in [1.807, 2.05) is 6.92 Å². The fourth-order valence-electron chi connectivity index (χ4n) is 0.998. The third-order valence-corrected chi connectivity index (χ3v) is 1.63. The lowest BCUT2D eigenvalue weighted by atomic mass is 10.2. The minimum atomic E-state index is -1.04. The fourth-order valence-corrected chi connectivity index (χ4v) is 0.998. The van der Waals surface area contributed by atoms with Crippen molar-refractivity contribution < 1.29 is 9.90 Å². The average Bonchev–Trinajstić information content (AvgIpc) is 2.49. The molecule has 1 atom stereocenters. The Bertz CT molecular complexity index is 282. The van der Waals surface area contributed by atoms with Gasteiger partial charge in [0, 0.05) is 12.7 Å². The number of carboxylic acids is 1. The molecule has 12 heavy (non-hydrogen) atoms. The topological polar surface area (TPSA) is 81.1 Å². The smallest absolute Gasteiger partial charge is 0.326 e. The third-order valence-electron chi connectivity index (χ3n) is 1.63. The lowest BCUT2D eigenvalue weighted by Gasteiger charge is -2.07. The van der Waals surface area contributed by atoms with Crippen molar-refractivity contribution in [3.05, 3.63) is 18.0 Å². The molecule has 1 rings (SSSR count). The van der Waals surface area contributed by atoms with Gasteiger partial charge in [-0.05, 0) is 13.0 Å². The first-order valence-electron chi connectivity index (χ1n) is 3.67. The summed E-state index contributed by atoms with van der Waals surface area (Å²) in [7, 11) is 0. The average molecular weight is 169 g/mol. The van der Waals surface area contributed by atoms with Gasteiger partial charge in [0.25, 0.3) is 0 Å². The van der Waals surface area contributed by atoms with Gasteiger partial charge >= 0.3 is 5.97 Å². The lowest BCUT2D eigenvalue weighted by Crippen LogP contribution is -2.23. The summed E-state index contributed by atoms with van der Waals surface area (Å²) in [4.78, 5) is 10.5. The molecular formula is C7H11N3O2. The van der Waals surface area contributed by atoms with Crippen molar-refractivity contribution in [2.24, 2.45) is 5.73 Å². The number of nitrogens with two attached hydrogens (primary N) is 1. The number of hydrogen-bond donors (Lipinski definition) is 2. The molecule has 0 aliphatic carbocycles. The molecule has 0 bridgehead atoms. The van der Waals surface area contributed by atoms with Gasteiger partial charge in [0.2, 0.25) is 0 Å². The van der Waals surface area contributed by atoms with Gasteiger partial charge in [0.05, 0.1) is 5.69 Å². The molecule has 0 aliphatic heterocycles. The molecule has 66 valence electrons. The zero-order chi connectivity index (χ0) is 9.14. The number of carbonyl (C=O) groups is 1. The number of nitrogens with zero attached hydrogens (tertiary/aromatic N) is 2. The molecule has 0 aliphatic rings. The molecule has 0 fully saturated rings. The van der Waals surface area contributed by atoms with E-state index in [9.17, 15) is 4.79 Å². The Hall–Kier alpha value is -1.36. The van der Waals surface area contributed by atoms with Crippen LogP contribution in [0.25, 0.3) is 0 Å². The highest BCUT2D eigenvalue weighted by molar-refractivity contribution is 5.74. The minimum Gasteiger partial charge on any atom is -0.480 e. The predicted octanol–water partition coefficient (Wildman–Crippen LogP) is -0.0126. The number of aliphatic carboxylic acids is 1. The normalized spacial score (nSPS) is 12.8. The van der Waals surface area contributed by atoms with E-state index in [1.165, 1.54) is 0 Å². The van der Waals surface area contributed by atoms with Crippen molar-refractivity contribution in [1.82, 2.24) is 9.78 Å². The molecule has 5 heteroatoms. The molecule has 0 radical (unpaired) electrons. The van der Waals surface area contributed by atoms with E-state index in [0.717, 1.165) is 0 Å². The van der Waals surface area contributed by atoms with Crippen LogP contribution in [0.15, 0.2) is 12.3 Å². The predicted molar refractivity (Wildman–Crippen MR) is 42.5 cm³/mol. The molecule has 3 N–H and O–H groups in total. The Morgan fingerprint density at radius 2 is 2.58 bits per heavy atom. The second-order valence-electron chi connectivity index (χ2n) is 2.39. The highest BCUT2D eigenvalue weighted by atomic mass is 16.4. The second kappa shape index (κ2) is 3.36. The number of aromatic nitrogens is 2. The Labute approximate surface area is 69.8 Å². The van der Waals surface area contributed by atoms with Crippen molar-refractivity contribution in [2.45, 2.75) is 19.5 Å². The van der Waals surface area contributed by atoms with Crippen LogP contribution in [-0.2, 0) is 11.3 Å². The standard InChI is InChI=1S/C7H11N3O2/c1-2-10-5(3-4-9-10)6(8)7(11)12/h3-4,6H,2,8H2,1H3,(H,11,12). The van der Waals surface area contributed by atoms with E-state index in [4.69, 9.17) is 10.8 Å². The van der Waals surface area contributed by atoms with Crippen LogP contribution in [0.2, 0.25) is 0 Å². The highest BCUT2D eigenvalue weighted by Crippen LogP contribution is 2.08. The maximum atomic E-state index is 10.5. The summed E-state index contributed by atoms with van der Waals surface area (Å²) < 4.78 is 1.57. The van der Waals surface area contributed by atoms with E-state index in [2.05, 4.69) is 5.10 Å². The van der Waals surface area contributed by atoms with Gasteiger partial charge in [-0.2, -0.15) is 5.10 Å². The quantitative estimate of drug-likeness (QED) is 0.666. The summed E-state index contributed by atoms with van der Waals surface area (Å²) in [5.41, 5.74) is 5.93. The summed E-state index contributed by atoms with van der Waals surface area (Å²) >= 11 is 0. The number of rotatable bonds is 3. The van der Waals surface area contributed by atoms with Gasteiger partial charge in [0.1, 0.15) is 6.04 Å². The molecule has 5 nitrogen and oxygen atoms in total. The second-order valence-corrected chi connectivity index (χ2v) is 2.39. The van der Waals surface area contributed by atoms with Crippen LogP contribution in [0.1, 0.15) is 18.7 Å². The van der Waals surface area contributed by atoms with E-state index >= 15 is 0 Å². The van der Waals surface area contributed by atoms with Crippen LogP contribution < -0.4 is 5.73 Å². The van der Waals surface area contributed by atoms with E-state index in [0.29, 0.717) is 12.2 Å². The molecule has 1 heterocycles. The number of carboxylic acid groups (broad SMARTS) is 1. The summed E-state index contributed by atoms with van der Waals surface area (Å²) in [5.74, 6) is -1.04. The van der Waals surface area contributed by atoms with Crippen LogP contribution in [0.4, 0.5) is 0 Å². The molecule has 0 spiro atoms. The maximum Gasteiger partial charge on any atom is 0.326 e. The molecule has 1 aromatic rings. The Kier molecular flexibility index (Phi) is 2.44. The van der Waals surface area contributed by atoms with Crippen molar-refractivity contribution in [1.29, 1.82) is 0 Å². The Morgan fingerprint density at radius 3 is 3.08 bits per heavy atom. The maximum absolute atomic E-state index is 10.5. The minimum absolute atomic E-state index is 0.532. The van der Waals surface area contributed by atoms with E-state index in [1.54, 1.807) is 16.9 Å². The molecule has 0 saturated heterocycles. The summed E-state index contributed by atoms with van der Waals surface area (Å²) in [6.07, 6.45) is 1.54. The summed E-state index contributed by atoms with van der Waals surface area (Å²) in [6.45, 7) is 2.51. The summed E-state index contributed by atoms with van der Waals surface area (Å²) in [6, 6.07) is 0.634. The van der Waals surface area contributed by atoms with Gasteiger partial charge in [-0.3, -0.25) is 9.48 Å². The molecule has 0 aromatic carbocycles.